The van der Waals surface area contributed by atoms with Gasteiger partial charge in [0.1, 0.15) is 0 Å². The van der Waals surface area contributed by atoms with E-state index in [1.54, 1.807) is 13.2 Å². The number of hydrogen-bond acceptors (Lipinski definition) is 3. The molecule has 0 fully saturated rings. The first-order chi connectivity index (χ1) is 6.65. The third-order valence-electron chi connectivity index (χ3n) is 1.82. The third kappa shape index (κ3) is 2.39. The smallest absolute Gasteiger partial charge is 0.258 e. The van der Waals surface area contributed by atoms with Crippen LogP contribution in [0.5, 0.6) is 0 Å². The summed E-state index contributed by atoms with van der Waals surface area (Å²) in [7, 11) is 1.60. The van der Waals surface area contributed by atoms with Crippen LogP contribution in [0.3, 0.4) is 0 Å². The Labute approximate surface area is 83.1 Å². The molecule has 4 heteroatoms. The third-order valence-corrected chi connectivity index (χ3v) is 1.82. The van der Waals surface area contributed by atoms with E-state index < -0.39 is 0 Å². The Morgan fingerprint density at radius 1 is 1.57 bits per heavy atom. The average molecular weight is 191 g/mol. The van der Waals surface area contributed by atoms with Crippen LogP contribution in [0.2, 0.25) is 0 Å². The lowest BCUT2D eigenvalue weighted by Gasteiger charge is -2.03. The highest BCUT2D eigenvalue weighted by atomic mass is 16.1. The highest BCUT2D eigenvalue weighted by Crippen LogP contribution is 2.06. The van der Waals surface area contributed by atoms with Gasteiger partial charge in [0.2, 0.25) is 0 Å². The Balaban J connectivity index is 2.90. The number of carbonyl (C=O) groups is 1. The topological polar surface area (TPSA) is 54.4 Å². The van der Waals surface area contributed by atoms with Crippen molar-refractivity contribution < 1.29 is 4.79 Å². The van der Waals surface area contributed by atoms with Gasteiger partial charge in [-0.2, -0.15) is 0 Å². The maximum atomic E-state index is 11.5. The largest absolute Gasteiger partial charge is 0.313 e. The van der Waals surface area contributed by atoms with Crippen molar-refractivity contribution in [1.29, 1.82) is 0 Å². The molecule has 74 valence electrons. The van der Waals surface area contributed by atoms with E-state index in [4.69, 9.17) is 0 Å². The van der Waals surface area contributed by atoms with E-state index in [1.165, 1.54) is 6.34 Å². The standard InChI is InChI=1S/C10H13N3O/c1-7-4-8(2)12-5-9(7)10(14)13-6-11-3/h4-6H,1-3H3,(H,11,13,14). The fourth-order valence-corrected chi connectivity index (χ4v) is 1.14. The Morgan fingerprint density at radius 2 is 2.29 bits per heavy atom. The predicted octanol–water partition coefficient (Wildman–Crippen LogP) is 1.09. The molecule has 0 aliphatic heterocycles. The van der Waals surface area contributed by atoms with Crippen LogP contribution in [0, 0.1) is 13.8 Å². The zero-order valence-corrected chi connectivity index (χ0v) is 8.53. The molecule has 1 amide bonds. The van der Waals surface area contributed by atoms with Crippen LogP contribution in [0.1, 0.15) is 21.6 Å². The number of aromatic nitrogens is 1. The van der Waals surface area contributed by atoms with Gasteiger partial charge in [0.05, 0.1) is 11.9 Å². The zero-order chi connectivity index (χ0) is 10.6. The lowest BCUT2D eigenvalue weighted by atomic mass is 10.1. The van der Waals surface area contributed by atoms with Crippen molar-refractivity contribution in [3.8, 4) is 0 Å². The van der Waals surface area contributed by atoms with Crippen LogP contribution < -0.4 is 5.32 Å². The molecule has 0 saturated heterocycles. The minimum absolute atomic E-state index is 0.180. The Morgan fingerprint density at radius 3 is 2.86 bits per heavy atom. The van der Waals surface area contributed by atoms with Crippen molar-refractivity contribution in [3.05, 3.63) is 29.1 Å². The summed E-state index contributed by atoms with van der Waals surface area (Å²) in [6, 6.07) is 1.87. The molecule has 14 heavy (non-hydrogen) atoms. The Hall–Kier alpha value is -1.71. The summed E-state index contributed by atoms with van der Waals surface area (Å²) in [5.41, 5.74) is 2.40. The van der Waals surface area contributed by atoms with Crippen LogP contribution in [-0.2, 0) is 0 Å². The van der Waals surface area contributed by atoms with Gasteiger partial charge < -0.3 is 5.32 Å². The number of pyridine rings is 1. The normalized spacial score (nSPS) is 10.5. The molecule has 0 radical (unpaired) electrons. The second-order valence-corrected chi connectivity index (χ2v) is 3.00. The first kappa shape index (κ1) is 10.4. The molecule has 1 rings (SSSR count). The van der Waals surface area contributed by atoms with E-state index in [-0.39, 0.29) is 5.91 Å². The molecule has 0 bridgehead atoms. The molecule has 0 aliphatic rings. The highest BCUT2D eigenvalue weighted by molar-refractivity contribution is 6.01. The molecule has 0 spiro atoms. The quantitative estimate of drug-likeness (QED) is 0.562. The van der Waals surface area contributed by atoms with Gasteiger partial charge in [0, 0.05) is 18.9 Å². The molecule has 0 unspecified atom stereocenters. The van der Waals surface area contributed by atoms with E-state index in [1.807, 2.05) is 19.9 Å². The van der Waals surface area contributed by atoms with Gasteiger partial charge in [-0.15, -0.1) is 0 Å². The van der Waals surface area contributed by atoms with Gasteiger partial charge in [-0.05, 0) is 25.5 Å². The molecule has 0 aliphatic carbocycles. The Bertz CT molecular complexity index is 372. The number of rotatable bonds is 2. The molecule has 0 aromatic carbocycles. The zero-order valence-electron chi connectivity index (χ0n) is 8.53. The van der Waals surface area contributed by atoms with Gasteiger partial charge >= 0.3 is 0 Å². The number of nitrogens with zero attached hydrogens (tertiary/aromatic N) is 2. The maximum Gasteiger partial charge on any atom is 0.258 e. The number of hydrogen-bond donors (Lipinski definition) is 1. The van der Waals surface area contributed by atoms with Crippen molar-refractivity contribution in [1.82, 2.24) is 10.3 Å². The van der Waals surface area contributed by atoms with E-state index in [0.717, 1.165) is 11.3 Å². The molecule has 0 saturated carbocycles. The van der Waals surface area contributed by atoms with Crippen molar-refractivity contribution in [2.75, 3.05) is 7.05 Å². The maximum absolute atomic E-state index is 11.5. The molecule has 1 aromatic heterocycles. The van der Waals surface area contributed by atoms with E-state index in [0.29, 0.717) is 5.56 Å². The summed E-state index contributed by atoms with van der Waals surface area (Å²) in [5, 5.41) is 2.54. The lowest BCUT2D eigenvalue weighted by Crippen LogP contribution is -2.22. The van der Waals surface area contributed by atoms with Crippen molar-refractivity contribution in [2.45, 2.75) is 13.8 Å². The molecule has 4 nitrogen and oxygen atoms in total. The van der Waals surface area contributed by atoms with Crippen molar-refractivity contribution >= 4 is 12.2 Å². The highest BCUT2D eigenvalue weighted by Gasteiger charge is 2.07. The molecule has 1 aromatic rings. The number of nitrogens with one attached hydrogen (secondary N) is 1. The van der Waals surface area contributed by atoms with Gasteiger partial charge in [-0.25, -0.2) is 0 Å². The van der Waals surface area contributed by atoms with Crippen LogP contribution in [0.4, 0.5) is 0 Å². The van der Waals surface area contributed by atoms with E-state index in [9.17, 15) is 4.79 Å². The monoisotopic (exact) mass is 191 g/mol. The van der Waals surface area contributed by atoms with Crippen LogP contribution >= 0.6 is 0 Å². The predicted molar refractivity (Wildman–Crippen MR) is 55.6 cm³/mol. The number of carbonyl (C=O) groups excluding carboxylic acids is 1. The van der Waals surface area contributed by atoms with Crippen LogP contribution in [-0.4, -0.2) is 24.3 Å². The van der Waals surface area contributed by atoms with Crippen LogP contribution in [0.25, 0.3) is 0 Å². The fourth-order valence-electron chi connectivity index (χ4n) is 1.14. The summed E-state index contributed by atoms with van der Waals surface area (Å²) in [6.45, 7) is 3.77. The second kappa shape index (κ2) is 4.50. The minimum Gasteiger partial charge on any atom is -0.313 e. The second-order valence-electron chi connectivity index (χ2n) is 3.00. The molecular formula is C10H13N3O. The first-order valence-corrected chi connectivity index (χ1v) is 4.30. The van der Waals surface area contributed by atoms with Crippen molar-refractivity contribution in [2.24, 2.45) is 4.99 Å². The minimum atomic E-state index is -0.180. The Kier molecular flexibility index (Phi) is 3.34. The lowest BCUT2D eigenvalue weighted by molar-refractivity contribution is 0.0977. The molecular weight excluding hydrogens is 178 g/mol. The summed E-state index contributed by atoms with van der Waals surface area (Å²) < 4.78 is 0. The van der Waals surface area contributed by atoms with Crippen molar-refractivity contribution in [3.63, 3.8) is 0 Å². The van der Waals surface area contributed by atoms with Gasteiger partial charge in [0.15, 0.2) is 0 Å². The number of amides is 1. The summed E-state index contributed by atoms with van der Waals surface area (Å²) in [4.78, 5) is 19.2. The summed E-state index contributed by atoms with van der Waals surface area (Å²) in [5.74, 6) is -0.180. The van der Waals surface area contributed by atoms with Crippen LogP contribution in [0.15, 0.2) is 17.3 Å². The first-order valence-electron chi connectivity index (χ1n) is 4.30. The number of aryl methyl sites for hydroxylation is 2. The molecule has 1 N–H and O–H groups in total. The summed E-state index contributed by atoms with van der Waals surface area (Å²) >= 11 is 0. The van der Waals surface area contributed by atoms with E-state index >= 15 is 0 Å². The van der Waals surface area contributed by atoms with Gasteiger partial charge in [-0.1, -0.05) is 0 Å². The number of aliphatic imine (C=N–C) groups is 1. The molecule has 1 heterocycles. The van der Waals surface area contributed by atoms with Gasteiger partial charge in [0.25, 0.3) is 5.91 Å². The summed E-state index contributed by atoms with van der Waals surface area (Å²) in [6.07, 6.45) is 2.94. The molecule has 0 atom stereocenters. The SMILES string of the molecule is CN=CNC(=O)c1cnc(C)cc1C. The average Bonchev–Trinajstić information content (AvgIpc) is 2.14. The fraction of sp³-hybridized carbons (Fsp3) is 0.300. The van der Waals surface area contributed by atoms with E-state index in [2.05, 4.69) is 15.3 Å². The van der Waals surface area contributed by atoms with Gasteiger partial charge in [-0.3, -0.25) is 14.8 Å².